The van der Waals surface area contributed by atoms with Gasteiger partial charge in [0.15, 0.2) is 0 Å². The number of pyridine rings is 1. The van der Waals surface area contributed by atoms with Gasteiger partial charge in [0.25, 0.3) is 11.6 Å². The van der Waals surface area contributed by atoms with Crippen LogP contribution in [0.25, 0.3) is 11.4 Å². The second-order valence-corrected chi connectivity index (χ2v) is 8.57. The summed E-state index contributed by atoms with van der Waals surface area (Å²) in [5.74, 6) is 0.0151. The number of halogens is 1. The number of amides is 1. The number of nitrogens with one attached hydrogen (secondary N) is 2. The number of hydrogen-bond donors (Lipinski definition) is 2. The lowest BCUT2D eigenvalue weighted by atomic mass is 10.1. The Balaban J connectivity index is 1.66. The van der Waals surface area contributed by atoms with Gasteiger partial charge in [-0.3, -0.25) is 19.9 Å². The van der Waals surface area contributed by atoms with Gasteiger partial charge in [0, 0.05) is 50.2 Å². The van der Waals surface area contributed by atoms with Crippen molar-refractivity contribution in [2.75, 3.05) is 37.9 Å². The highest BCUT2D eigenvalue weighted by molar-refractivity contribution is 9.10. The van der Waals surface area contributed by atoms with Crippen LogP contribution in [-0.4, -0.2) is 80.3 Å². The average Bonchev–Trinajstić information content (AvgIpc) is 3.45. The summed E-state index contributed by atoms with van der Waals surface area (Å²) in [7, 11) is 4.89. The number of aromatic nitrogens is 5. The number of benzene rings is 1. The fourth-order valence-corrected chi connectivity index (χ4v) is 4.28. The zero-order chi connectivity index (χ0) is 24.4. The highest BCUT2D eigenvalue weighted by atomic mass is 79.9. The fourth-order valence-electron chi connectivity index (χ4n) is 3.84. The predicted molar refractivity (Wildman–Crippen MR) is 126 cm³/mol. The smallest absolute Gasteiger partial charge is 0.294 e. The SMILES string of the molecule is CNc1cncc(C(=O)N2C[C@H](Nc3c(-c4nnn(C)n4)cc(Br)cc3[N+](=O)[O-])[C@@H](OC)C2)c1. The predicted octanol–water partition coefficient (Wildman–Crippen LogP) is 1.94. The van der Waals surface area contributed by atoms with Crippen LogP contribution in [0.2, 0.25) is 0 Å². The molecule has 1 amide bonds. The van der Waals surface area contributed by atoms with Gasteiger partial charge in [-0.15, -0.1) is 10.2 Å². The second-order valence-electron chi connectivity index (χ2n) is 7.65. The normalized spacial score (nSPS) is 17.6. The van der Waals surface area contributed by atoms with Gasteiger partial charge in [-0.25, -0.2) is 0 Å². The minimum Gasteiger partial charge on any atom is -0.387 e. The Morgan fingerprint density at radius 3 is 2.74 bits per heavy atom. The highest BCUT2D eigenvalue weighted by Gasteiger charge is 2.38. The standard InChI is InChI=1S/C20H22BrN9O4/c1-22-13-4-11(7-23-8-13)20(31)29-9-15(17(10-29)34-3)24-18-14(19-25-27-28(2)26-19)5-12(21)6-16(18)30(32)33/h4-8,15,17,22,24H,9-10H2,1-3H3/t15-,17-/m0/s1. The number of anilines is 2. The van der Waals surface area contributed by atoms with Crippen LogP contribution in [0.5, 0.6) is 0 Å². The topological polar surface area (TPSA) is 153 Å². The molecular weight excluding hydrogens is 510 g/mol. The maximum absolute atomic E-state index is 13.1. The minimum atomic E-state index is -0.485. The molecule has 0 aliphatic carbocycles. The summed E-state index contributed by atoms with van der Waals surface area (Å²) in [6.45, 7) is 0.571. The molecule has 1 fully saturated rings. The minimum absolute atomic E-state index is 0.164. The van der Waals surface area contributed by atoms with E-state index in [1.54, 1.807) is 37.3 Å². The number of likely N-dealkylation sites (tertiary alicyclic amines) is 1. The molecule has 1 saturated heterocycles. The van der Waals surface area contributed by atoms with Crippen molar-refractivity contribution in [3.05, 3.63) is 50.7 Å². The van der Waals surface area contributed by atoms with Crippen LogP contribution in [0.15, 0.2) is 35.1 Å². The average molecular weight is 532 g/mol. The zero-order valence-corrected chi connectivity index (χ0v) is 20.2. The maximum atomic E-state index is 13.1. The quantitative estimate of drug-likeness (QED) is 0.341. The molecule has 0 radical (unpaired) electrons. The number of rotatable bonds is 7. The van der Waals surface area contributed by atoms with E-state index in [1.165, 1.54) is 24.2 Å². The molecule has 14 heteroatoms. The van der Waals surface area contributed by atoms with Gasteiger partial charge < -0.3 is 20.3 Å². The number of carbonyl (C=O) groups excluding carboxylic acids is 1. The van der Waals surface area contributed by atoms with Crippen LogP contribution >= 0.6 is 15.9 Å². The summed E-state index contributed by atoms with van der Waals surface area (Å²) in [6, 6.07) is 4.37. The Kier molecular flexibility index (Phi) is 6.70. The van der Waals surface area contributed by atoms with E-state index in [4.69, 9.17) is 4.74 Å². The van der Waals surface area contributed by atoms with E-state index in [0.29, 0.717) is 22.1 Å². The lowest BCUT2D eigenvalue weighted by Gasteiger charge is -2.21. The van der Waals surface area contributed by atoms with Gasteiger partial charge in [-0.1, -0.05) is 15.9 Å². The van der Waals surface area contributed by atoms with Crippen LogP contribution < -0.4 is 10.6 Å². The number of tetrazole rings is 1. The molecule has 0 unspecified atom stereocenters. The number of nitrogens with zero attached hydrogens (tertiary/aromatic N) is 7. The highest BCUT2D eigenvalue weighted by Crippen LogP contribution is 2.38. The molecule has 0 spiro atoms. The number of nitro groups is 1. The van der Waals surface area contributed by atoms with E-state index in [-0.39, 0.29) is 29.7 Å². The number of hydrogen-bond acceptors (Lipinski definition) is 10. The Labute approximate surface area is 202 Å². The third-order valence-corrected chi connectivity index (χ3v) is 5.95. The van der Waals surface area contributed by atoms with Crippen LogP contribution in [0, 0.1) is 10.1 Å². The third-order valence-electron chi connectivity index (χ3n) is 5.49. The summed E-state index contributed by atoms with van der Waals surface area (Å²) in [4.78, 5) is 31.5. The second kappa shape index (κ2) is 9.69. The third kappa shape index (κ3) is 4.68. The molecular formula is C20H22BrN9O4. The lowest BCUT2D eigenvalue weighted by molar-refractivity contribution is -0.384. The fraction of sp³-hybridized carbons (Fsp3) is 0.350. The summed E-state index contributed by atoms with van der Waals surface area (Å²) in [5.41, 5.74) is 1.61. The summed E-state index contributed by atoms with van der Waals surface area (Å²) in [6.07, 6.45) is 2.72. The molecule has 0 saturated carbocycles. The summed E-state index contributed by atoms with van der Waals surface area (Å²) in [5, 5.41) is 30.1. The van der Waals surface area contributed by atoms with Crippen molar-refractivity contribution in [1.29, 1.82) is 0 Å². The van der Waals surface area contributed by atoms with Crippen LogP contribution in [0.4, 0.5) is 17.1 Å². The molecule has 1 aliphatic heterocycles. The van der Waals surface area contributed by atoms with Gasteiger partial charge in [0.05, 0.1) is 40.9 Å². The van der Waals surface area contributed by atoms with Crippen molar-refractivity contribution in [2.24, 2.45) is 7.05 Å². The van der Waals surface area contributed by atoms with Crippen molar-refractivity contribution in [3.8, 4) is 11.4 Å². The van der Waals surface area contributed by atoms with E-state index in [9.17, 15) is 14.9 Å². The van der Waals surface area contributed by atoms with Gasteiger partial charge >= 0.3 is 0 Å². The van der Waals surface area contributed by atoms with E-state index in [0.717, 1.165) is 5.69 Å². The Morgan fingerprint density at radius 2 is 2.09 bits per heavy atom. The van der Waals surface area contributed by atoms with Crippen molar-refractivity contribution in [3.63, 3.8) is 0 Å². The van der Waals surface area contributed by atoms with Crippen LogP contribution in [0.3, 0.4) is 0 Å². The van der Waals surface area contributed by atoms with E-state index in [2.05, 4.69) is 47.0 Å². The first-order valence-corrected chi connectivity index (χ1v) is 11.0. The van der Waals surface area contributed by atoms with Gasteiger partial charge in [0.2, 0.25) is 5.82 Å². The number of nitro benzene ring substituents is 1. The first-order valence-electron chi connectivity index (χ1n) is 10.2. The number of aryl methyl sites for hydroxylation is 1. The number of ether oxygens (including phenoxy) is 1. The van der Waals surface area contributed by atoms with Crippen molar-refractivity contribution in [2.45, 2.75) is 12.1 Å². The Morgan fingerprint density at radius 1 is 1.29 bits per heavy atom. The molecule has 34 heavy (non-hydrogen) atoms. The molecule has 1 aliphatic rings. The molecule has 3 aromatic rings. The van der Waals surface area contributed by atoms with Gasteiger partial charge in [0.1, 0.15) is 5.69 Å². The van der Waals surface area contributed by atoms with E-state index >= 15 is 0 Å². The summed E-state index contributed by atoms with van der Waals surface area (Å²) >= 11 is 3.32. The molecule has 0 bridgehead atoms. The van der Waals surface area contributed by atoms with Crippen molar-refractivity contribution >= 4 is 38.9 Å². The number of carbonyl (C=O) groups is 1. The lowest BCUT2D eigenvalue weighted by Crippen LogP contribution is -2.34. The van der Waals surface area contributed by atoms with Crippen LogP contribution in [-0.2, 0) is 11.8 Å². The molecule has 4 rings (SSSR count). The van der Waals surface area contributed by atoms with Crippen molar-refractivity contribution in [1.82, 2.24) is 30.1 Å². The van der Waals surface area contributed by atoms with Gasteiger partial charge in [-0.2, -0.15) is 4.80 Å². The number of methoxy groups -OCH3 is 1. The molecule has 3 heterocycles. The first-order chi connectivity index (χ1) is 16.3. The van der Waals surface area contributed by atoms with E-state index in [1.807, 2.05) is 0 Å². The monoisotopic (exact) mass is 531 g/mol. The molecule has 1 aromatic carbocycles. The first kappa shape index (κ1) is 23.5. The Hall–Kier alpha value is -3.65. The maximum Gasteiger partial charge on any atom is 0.294 e. The molecule has 2 aromatic heterocycles. The molecule has 13 nitrogen and oxygen atoms in total. The molecule has 2 atom stereocenters. The summed E-state index contributed by atoms with van der Waals surface area (Å²) < 4.78 is 6.12. The van der Waals surface area contributed by atoms with E-state index < -0.39 is 17.1 Å². The van der Waals surface area contributed by atoms with Crippen LogP contribution in [0.1, 0.15) is 10.4 Å². The largest absolute Gasteiger partial charge is 0.387 e. The molecule has 178 valence electrons. The van der Waals surface area contributed by atoms with Crippen molar-refractivity contribution < 1.29 is 14.5 Å². The molecule has 2 N–H and O–H groups in total. The van der Waals surface area contributed by atoms with Gasteiger partial charge in [-0.05, 0) is 17.3 Å². The Bertz CT molecular complexity index is 1230. The zero-order valence-electron chi connectivity index (χ0n) is 18.6.